The van der Waals surface area contributed by atoms with E-state index in [0.29, 0.717) is 6.61 Å². The first-order valence-corrected chi connectivity index (χ1v) is 5.43. The van der Waals surface area contributed by atoms with Gasteiger partial charge in [0.2, 0.25) is 0 Å². The molecule has 0 heterocycles. The zero-order valence-electron chi connectivity index (χ0n) is 9.74. The number of benzene rings is 1. The summed E-state index contributed by atoms with van der Waals surface area (Å²) in [5.41, 5.74) is 1.23. The molecular weight excluding hydrogens is 202 g/mol. The van der Waals surface area contributed by atoms with Gasteiger partial charge in [0.25, 0.3) is 0 Å². The van der Waals surface area contributed by atoms with E-state index in [4.69, 9.17) is 9.47 Å². The maximum Gasteiger partial charge on any atom is 0.119 e. The number of hydrogen-bond acceptors (Lipinski definition) is 3. The van der Waals surface area contributed by atoms with Gasteiger partial charge in [0, 0.05) is 6.54 Å². The minimum atomic E-state index is 0.717. The van der Waals surface area contributed by atoms with Crippen LogP contribution in [-0.4, -0.2) is 20.3 Å². The first-order chi connectivity index (χ1) is 7.86. The van der Waals surface area contributed by atoms with Crippen LogP contribution in [0.5, 0.6) is 5.75 Å². The largest absolute Gasteiger partial charge is 0.502 e. The Morgan fingerprint density at radius 2 is 2.31 bits per heavy atom. The second-order valence-electron chi connectivity index (χ2n) is 3.42. The maximum absolute atomic E-state index is 5.16. The van der Waals surface area contributed by atoms with Crippen LogP contribution < -0.4 is 10.1 Å². The van der Waals surface area contributed by atoms with Gasteiger partial charge >= 0.3 is 0 Å². The van der Waals surface area contributed by atoms with E-state index < -0.39 is 0 Å². The van der Waals surface area contributed by atoms with Crippen molar-refractivity contribution in [3.05, 3.63) is 42.7 Å². The topological polar surface area (TPSA) is 30.5 Å². The van der Waals surface area contributed by atoms with Crippen LogP contribution in [0.2, 0.25) is 0 Å². The molecular formula is C13H19NO2. The Bertz CT molecular complexity index is 313. The van der Waals surface area contributed by atoms with Crippen molar-refractivity contribution in [2.75, 3.05) is 20.3 Å². The van der Waals surface area contributed by atoms with Crippen LogP contribution in [0.3, 0.4) is 0 Å². The summed E-state index contributed by atoms with van der Waals surface area (Å²) in [7, 11) is 1.68. The summed E-state index contributed by atoms with van der Waals surface area (Å²) < 4.78 is 10.2. The fourth-order valence-corrected chi connectivity index (χ4v) is 1.38. The second kappa shape index (κ2) is 7.77. The summed E-state index contributed by atoms with van der Waals surface area (Å²) in [6.07, 6.45) is 2.46. The molecule has 1 aromatic carbocycles. The molecule has 3 heteroatoms. The van der Waals surface area contributed by atoms with E-state index in [2.05, 4.69) is 18.0 Å². The molecule has 0 atom stereocenters. The Hall–Kier alpha value is -1.48. The predicted octanol–water partition coefficient (Wildman–Crippen LogP) is 2.33. The number of methoxy groups -OCH3 is 1. The highest BCUT2D eigenvalue weighted by atomic mass is 16.5. The quantitative estimate of drug-likeness (QED) is 0.540. The molecule has 88 valence electrons. The highest BCUT2D eigenvalue weighted by Gasteiger charge is 1.95. The molecule has 1 N–H and O–H groups in total. The Morgan fingerprint density at radius 3 is 3.06 bits per heavy atom. The zero-order chi connectivity index (χ0) is 11.6. The summed E-state index contributed by atoms with van der Waals surface area (Å²) in [5.74, 6) is 0.897. The molecule has 0 aliphatic rings. The number of nitrogens with one attached hydrogen (secondary N) is 1. The molecule has 0 bridgehead atoms. The Labute approximate surface area is 97.1 Å². The summed E-state index contributed by atoms with van der Waals surface area (Å²) in [6, 6.07) is 8.06. The first-order valence-electron chi connectivity index (χ1n) is 5.43. The summed E-state index contributed by atoms with van der Waals surface area (Å²) in [4.78, 5) is 0. The minimum absolute atomic E-state index is 0.717. The highest BCUT2D eigenvalue weighted by Crippen LogP contribution is 2.11. The lowest BCUT2D eigenvalue weighted by Gasteiger charge is -2.06. The standard InChI is InChI=1S/C13H19NO2/c1-3-16-9-5-8-14-11-12-6-4-7-13(10-12)15-2/h3-4,6-7,10,14H,1,5,8-9,11H2,2H3. The van der Waals surface area contributed by atoms with Crippen LogP contribution in [0.1, 0.15) is 12.0 Å². The van der Waals surface area contributed by atoms with Crippen molar-refractivity contribution in [3.8, 4) is 5.75 Å². The zero-order valence-corrected chi connectivity index (χ0v) is 9.74. The van der Waals surface area contributed by atoms with Gasteiger partial charge in [0.05, 0.1) is 20.0 Å². The molecule has 0 saturated carbocycles. The van der Waals surface area contributed by atoms with E-state index >= 15 is 0 Å². The molecule has 0 spiro atoms. The molecule has 0 aromatic heterocycles. The Morgan fingerprint density at radius 1 is 1.44 bits per heavy atom. The van der Waals surface area contributed by atoms with Crippen molar-refractivity contribution in [2.45, 2.75) is 13.0 Å². The van der Waals surface area contributed by atoms with Gasteiger partial charge in [-0.1, -0.05) is 18.7 Å². The summed E-state index contributed by atoms with van der Waals surface area (Å²) in [5, 5.41) is 3.34. The first kappa shape index (κ1) is 12.6. The van der Waals surface area contributed by atoms with Crippen LogP contribution >= 0.6 is 0 Å². The van der Waals surface area contributed by atoms with Crippen LogP contribution in [0.4, 0.5) is 0 Å². The lowest BCUT2D eigenvalue weighted by atomic mass is 10.2. The smallest absolute Gasteiger partial charge is 0.119 e. The Balaban J connectivity index is 2.18. The van der Waals surface area contributed by atoms with Crippen molar-refractivity contribution in [1.82, 2.24) is 5.32 Å². The van der Waals surface area contributed by atoms with E-state index in [-0.39, 0.29) is 0 Å². The maximum atomic E-state index is 5.16. The third kappa shape index (κ3) is 4.84. The van der Waals surface area contributed by atoms with Crippen molar-refractivity contribution < 1.29 is 9.47 Å². The van der Waals surface area contributed by atoms with Gasteiger partial charge in [-0.2, -0.15) is 0 Å². The lowest BCUT2D eigenvalue weighted by Crippen LogP contribution is -2.15. The SMILES string of the molecule is C=COCCCNCc1cccc(OC)c1. The molecule has 0 saturated heterocycles. The number of ether oxygens (including phenoxy) is 2. The van der Waals surface area contributed by atoms with Crippen molar-refractivity contribution in [3.63, 3.8) is 0 Å². The fourth-order valence-electron chi connectivity index (χ4n) is 1.38. The average molecular weight is 221 g/mol. The van der Waals surface area contributed by atoms with Gasteiger partial charge in [0.15, 0.2) is 0 Å². The van der Waals surface area contributed by atoms with Crippen molar-refractivity contribution >= 4 is 0 Å². The monoisotopic (exact) mass is 221 g/mol. The van der Waals surface area contributed by atoms with Gasteiger partial charge < -0.3 is 14.8 Å². The van der Waals surface area contributed by atoms with E-state index in [1.54, 1.807) is 7.11 Å². The lowest BCUT2D eigenvalue weighted by molar-refractivity contribution is 0.244. The second-order valence-corrected chi connectivity index (χ2v) is 3.42. The average Bonchev–Trinajstić information content (AvgIpc) is 2.34. The van der Waals surface area contributed by atoms with E-state index in [0.717, 1.165) is 25.3 Å². The number of hydrogen-bond donors (Lipinski definition) is 1. The van der Waals surface area contributed by atoms with E-state index in [1.165, 1.54) is 11.8 Å². The van der Waals surface area contributed by atoms with Gasteiger partial charge in [-0.3, -0.25) is 0 Å². The molecule has 16 heavy (non-hydrogen) atoms. The molecule has 3 nitrogen and oxygen atoms in total. The molecule has 1 rings (SSSR count). The van der Waals surface area contributed by atoms with Crippen molar-refractivity contribution in [1.29, 1.82) is 0 Å². The predicted molar refractivity (Wildman–Crippen MR) is 65.5 cm³/mol. The van der Waals surface area contributed by atoms with Crippen LogP contribution in [0, 0.1) is 0 Å². The summed E-state index contributed by atoms with van der Waals surface area (Å²) >= 11 is 0. The third-order valence-corrected chi connectivity index (χ3v) is 2.20. The molecule has 0 amide bonds. The molecule has 0 aliphatic carbocycles. The van der Waals surface area contributed by atoms with Crippen LogP contribution in [-0.2, 0) is 11.3 Å². The van der Waals surface area contributed by atoms with Crippen LogP contribution in [0.15, 0.2) is 37.1 Å². The minimum Gasteiger partial charge on any atom is -0.502 e. The molecule has 0 unspecified atom stereocenters. The molecule has 0 fully saturated rings. The van der Waals surface area contributed by atoms with Crippen molar-refractivity contribution in [2.24, 2.45) is 0 Å². The van der Waals surface area contributed by atoms with E-state index in [9.17, 15) is 0 Å². The molecule has 0 aliphatic heterocycles. The summed E-state index contributed by atoms with van der Waals surface area (Å²) in [6.45, 7) is 5.99. The number of rotatable bonds is 8. The normalized spacial score (nSPS) is 9.81. The molecule has 0 radical (unpaired) electrons. The van der Waals surface area contributed by atoms with Gasteiger partial charge in [-0.25, -0.2) is 0 Å². The van der Waals surface area contributed by atoms with Gasteiger partial charge in [-0.05, 0) is 30.7 Å². The fraction of sp³-hybridized carbons (Fsp3) is 0.385. The molecule has 1 aromatic rings. The van der Waals surface area contributed by atoms with Crippen LogP contribution in [0.25, 0.3) is 0 Å². The van der Waals surface area contributed by atoms with Gasteiger partial charge in [0.1, 0.15) is 5.75 Å². The van der Waals surface area contributed by atoms with Gasteiger partial charge in [-0.15, -0.1) is 0 Å². The highest BCUT2D eigenvalue weighted by molar-refractivity contribution is 5.28. The third-order valence-electron chi connectivity index (χ3n) is 2.20. The Kier molecular flexibility index (Phi) is 6.11. The van der Waals surface area contributed by atoms with E-state index in [1.807, 2.05) is 18.2 Å².